The van der Waals surface area contributed by atoms with Gasteiger partial charge in [-0.1, -0.05) is 45.4 Å². The quantitative estimate of drug-likeness (QED) is 0.453. The van der Waals surface area contributed by atoms with Gasteiger partial charge in [0.15, 0.2) is 0 Å². The molecular weight excluding hydrogens is 246 g/mol. The Morgan fingerprint density at radius 3 is 2.50 bits per heavy atom. The maximum atomic E-state index is 10.8. The van der Waals surface area contributed by atoms with Crippen LogP contribution in [-0.2, 0) is 6.54 Å². The highest BCUT2D eigenvalue weighted by Crippen LogP contribution is 2.18. The van der Waals surface area contributed by atoms with Gasteiger partial charge in [0.05, 0.1) is 0 Å². The molecule has 2 aromatic rings. The van der Waals surface area contributed by atoms with Crippen molar-refractivity contribution in [3.63, 3.8) is 0 Å². The van der Waals surface area contributed by atoms with Gasteiger partial charge in [-0.15, -0.1) is 0 Å². The van der Waals surface area contributed by atoms with Gasteiger partial charge in [0.25, 0.3) is 0 Å². The Labute approximate surface area is 121 Å². The molecule has 0 fully saturated rings. The zero-order valence-electron chi connectivity index (χ0n) is 12.5. The average molecular weight is 271 g/mol. The van der Waals surface area contributed by atoms with Gasteiger partial charge >= 0.3 is 0 Å². The first-order valence-corrected chi connectivity index (χ1v) is 7.89. The second-order valence-corrected chi connectivity index (χ2v) is 5.57. The minimum Gasteiger partial charge on any atom is -0.347 e. The smallest absolute Gasteiger partial charge is 0.150 e. The van der Waals surface area contributed by atoms with Gasteiger partial charge in [0.1, 0.15) is 6.29 Å². The molecule has 0 bridgehead atoms. The first-order chi connectivity index (χ1) is 9.85. The number of carbonyl (C=O) groups excluding carboxylic acids is 1. The molecule has 0 aliphatic rings. The normalized spacial score (nSPS) is 11.1. The molecule has 0 unspecified atom stereocenters. The Kier molecular flexibility index (Phi) is 5.85. The van der Waals surface area contributed by atoms with Crippen LogP contribution in [0.1, 0.15) is 62.2 Å². The molecule has 2 heteroatoms. The van der Waals surface area contributed by atoms with Crippen LogP contribution in [0.15, 0.2) is 30.5 Å². The minimum atomic E-state index is 0.756. The van der Waals surface area contributed by atoms with E-state index in [-0.39, 0.29) is 0 Å². The van der Waals surface area contributed by atoms with Crippen LogP contribution >= 0.6 is 0 Å². The highest BCUT2D eigenvalue weighted by molar-refractivity contribution is 5.87. The molecule has 1 aromatic heterocycles. The second kappa shape index (κ2) is 7.88. The largest absolute Gasteiger partial charge is 0.347 e. The lowest BCUT2D eigenvalue weighted by molar-refractivity contribution is 0.112. The highest BCUT2D eigenvalue weighted by Gasteiger charge is 2.01. The Balaban J connectivity index is 1.80. The Bertz CT molecular complexity index is 541. The van der Waals surface area contributed by atoms with Gasteiger partial charge < -0.3 is 4.57 Å². The van der Waals surface area contributed by atoms with Crippen LogP contribution in [0.2, 0.25) is 0 Å². The number of aromatic nitrogens is 1. The first-order valence-electron chi connectivity index (χ1n) is 7.89. The summed E-state index contributed by atoms with van der Waals surface area (Å²) >= 11 is 0. The fourth-order valence-electron chi connectivity index (χ4n) is 2.73. The van der Waals surface area contributed by atoms with Gasteiger partial charge in [-0.25, -0.2) is 0 Å². The average Bonchev–Trinajstić information content (AvgIpc) is 2.88. The summed E-state index contributed by atoms with van der Waals surface area (Å²) in [7, 11) is 0. The second-order valence-electron chi connectivity index (χ2n) is 5.57. The number of fused-ring (bicyclic) bond motifs is 1. The van der Waals surface area contributed by atoms with Crippen molar-refractivity contribution in [1.29, 1.82) is 0 Å². The number of carbonyl (C=O) groups is 1. The van der Waals surface area contributed by atoms with E-state index in [1.54, 1.807) is 0 Å². The summed E-state index contributed by atoms with van der Waals surface area (Å²) in [6.07, 6.45) is 12.4. The van der Waals surface area contributed by atoms with E-state index in [1.165, 1.54) is 50.5 Å². The number of aryl methyl sites for hydroxylation is 1. The number of hydrogen-bond donors (Lipinski definition) is 0. The van der Waals surface area contributed by atoms with Crippen LogP contribution in [0.4, 0.5) is 0 Å². The number of nitrogens with zero attached hydrogens (tertiary/aromatic N) is 1. The number of hydrogen-bond acceptors (Lipinski definition) is 1. The molecule has 0 saturated carbocycles. The highest BCUT2D eigenvalue weighted by atomic mass is 16.1. The predicted octanol–water partition coefficient (Wildman–Crippen LogP) is 5.20. The van der Waals surface area contributed by atoms with Crippen molar-refractivity contribution in [2.45, 2.75) is 58.4 Å². The number of benzene rings is 1. The van der Waals surface area contributed by atoms with Crippen LogP contribution in [0.25, 0.3) is 10.9 Å². The molecule has 0 aliphatic carbocycles. The van der Waals surface area contributed by atoms with Gasteiger partial charge in [-0.05, 0) is 30.7 Å². The zero-order valence-corrected chi connectivity index (χ0v) is 12.5. The summed E-state index contributed by atoms with van der Waals surface area (Å²) in [4.78, 5) is 10.8. The van der Waals surface area contributed by atoms with Gasteiger partial charge in [0, 0.05) is 29.2 Å². The standard InChI is InChI=1S/C18H25NO/c1-2-3-4-5-6-7-8-12-19-13-11-17-14-16(15-20)9-10-18(17)19/h9-11,13-15H,2-8,12H2,1H3. The molecule has 0 aliphatic heterocycles. The van der Waals surface area contributed by atoms with E-state index in [0.29, 0.717) is 0 Å². The number of rotatable bonds is 9. The molecule has 1 aromatic carbocycles. The Morgan fingerprint density at radius 2 is 1.75 bits per heavy atom. The van der Waals surface area contributed by atoms with E-state index in [4.69, 9.17) is 0 Å². The Morgan fingerprint density at radius 1 is 1.00 bits per heavy atom. The lowest BCUT2D eigenvalue weighted by Crippen LogP contribution is -1.96. The molecule has 0 atom stereocenters. The molecule has 1 heterocycles. The summed E-state index contributed by atoms with van der Waals surface area (Å²) in [5.74, 6) is 0. The Hall–Kier alpha value is -1.57. The molecule has 0 amide bonds. The zero-order chi connectivity index (χ0) is 14.2. The van der Waals surface area contributed by atoms with Crippen molar-refractivity contribution in [2.24, 2.45) is 0 Å². The lowest BCUT2D eigenvalue weighted by Gasteiger charge is -2.06. The van der Waals surface area contributed by atoms with E-state index < -0.39 is 0 Å². The third-order valence-corrected chi connectivity index (χ3v) is 3.93. The van der Waals surface area contributed by atoms with Gasteiger partial charge in [0.2, 0.25) is 0 Å². The van der Waals surface area contributed by atoms with Crippen molar-refractivity contribution in [2.75, 3.05) is 0 Å². The molecule has 0 saturated heterocycles. The fraction of sp³-hybridized carbons (Fsp3) is 0.500. The fourth-order valence-corrected chi connectivity index (χ4v) is 2.73. The topological polar surface area (TPSA) is 22.0 Å². The summed E-state index contributed by atoms with van der Waals surface area (Å²) in [5.41, 5.74) is 1.99. The van der Waals surface area contributed by atoms with Crippen molar-refractivity contribution in [1.82, 2.24) is 4.57 Å². The van der Waals surface area contributed by atoms with E-state index in [2.05, 4.69) is 29.8 Å². The molecule has 2 rings (SSSR count). The van der Waals surface area contributed by atoms with Gasteiger partial charge in [-0.3, -0.25) is 4.79 Å². The maximum absolute atomic E-state index is 10.8. The lowest BCUT2D eigenvalue weighted by atomic mass is 10.1. The number of unbranched alkanes of at least 4 members (excludes halogenated alkanes) is 6. The maximum Gasteiger partial charge on any atom is 0.150 e. The van der Waals surface area contributed by atoms with Crippen molar-refractivity contribution in [3.05, 3.63) is 36.0 Å². The van der Waals surface area contributed by atoms with E-state index in [0.717, 1.165) is 23.8 Å². The molecule has 0 radical (unpaired) electrons. The molecule has 108 valence electrons. The van der Waals surface area contributed by atoms with Crippen LogP contribution in [0, 0.1) is 0 Å². The van der Waals surface area contributed by atoms with Crippen LogP contribution < -0.4 is 0 Å². The number of aldehydes is 1. The SMILES string of the molecule is CCCCCCCCCn1ccc2cc(C=O)ccc21. The molecular formula is C18H25NO. The molecule has 0 spiro atoms. The monoisotopic (exact) mass is 271 g/mol. The van der Waals surface area contributed by atoms with Crippen LogP contribution in [-0.4, -0.2) is 10.9 Å². The van der Waals surface area contributed by atoms with Crippen molar-refractivity contribution in [3.8, 4) is 0 Å². The minimum absolute atomic E-state index is 0.756. The van der Waals surface area contributed by atoms with E-state index in [1.807, 2.05) is 12.1 Å². The third kappa shape index (κ3) is 3.96. The van der Waals surface area contributed by atoms with Crippen LogP contribution in [0.3, 0.4) is 0 Å². The summed E-state index contributed by atoms with van der Waals surface area (Å²) in [6, 6.07) is 8.02. The van der Waals surface area contributed by atoms with Crippen molar-refractivity contribution >= 4 is 17.2 Å². The molecule has 2 nitrogen and oxygen atoms in total. The molecule has 20 heavy (non-hydrogen) atoms. The first kappa shape index (κ1) is 14.8. The summed E-state index contributed by atoms with van der Waals surface area (Å²) in [6.45, 7) is 3.34. The van der Waals surface area contributed by atoms with Crippen molar-refractivity contribution < 1.29 is 4.79 Å². The third-order valence-electron chi connectivity index (χ3n) is 3.93. The van der Waals surface area contributed by atoms with E-state index in [9.17, 15) is 4.79 Å². The predicted molar refractivity (Wildman–Crippen MR) is 85.3 cm³/mol. The van der Waals surface area contributed by atoms with Crippen LogP contribution in [0.5, 0.6) is 0 Å². The van der Waals surface area contributed by atoms with E-state index >= 15 is 0 Å². The summed E-state index contributed by atoms with van der Waals surface area (Å²) < 4.78 is 2.30. The van der Waals surface area contributed by atoms with Gasteiger partial charge in [-0.2, -0.15) is 0 Å². The summed E-state index contributed by atoms with van der Waals surface area (Å²) in [5, 5.41) is 1.16. The molecule has 0 N–H and O–H groups in total.